The van der Waals surface area contributed by atoms with Crippen molar-refractivity contribution in [2.24, 2.45) is 5.41 Å². The zero-order valence-corrected chi connectivity index (χ0v) is 12.8. The predicted octanol–water partition coefficient (Wildman–Crippen LogP) is 2.73. The van der Waals surface area contributed by atoms with Gasteiger partial charge in [-0.3, -0.25) is 19.3 Å². The monoisotopic (exact) mass is 295 g/mol. The van der Waals surface area contributed by atoms with Gasteiger partial charge in [0.1, 0.15) is 0 Å². The van der Waals surface area contributed by atoms with Crippen LogP contribution in [0.4, 0.5) is 0 Å². The molecule has 1 saturated heterocycles. The van der Waals surface area contributed by atoms with Crippen LogP contribution in [-0.2, 0) is 14.4 Å². The standard InChI is InChI=1S/C16H25NO4/c1-12(6-5-7-15(20)21)17-13(18)10-16(11-14(17)19)8-3-2-4-9-16/h12H,2-11H2,1H3,(H,20,21). The van der Waals surface area contributed by atoms with Gasteiger partial charge < -0.3 is 5.11 Å². The van der Waals surface area contributed by atoms with Crippen LogP contribution in [0.2, 0.25) is 0 Å². The van der Waals surface area contributed by atoms with Crippen LogP contribution in [0.25, 0.3) is 0 Å². The summed E-state index contributed by atoms with van der Waals surface area (Å²) in [5, 5.41) is 8.66. The Bertz CT molecular complexity index is 406. The van der Waals surface area contributed by atoms with Gasteiger partial charge in [0.15, 0.2) is 0 Å². The molecule has 1 unspecified atom stereocenters. The number of nitrogens with zero attached hydrogens (tertiary/aromatic N) is 1. The molecular weight excluding hydrogens is 270 g/mol. The molecule has 2 fully saturated rings. The lowest BCUT2D eigenvalue weighted by Gasteiger charge is -2.44. The van der Waals surface area contributed by atoms with Gasteiger partial charge in [0.2, 0.25) is 11.8 Å². The molecule has 0 aromatic rings. The molecule has 2 aliphatic rings. The van der Waals surface area contributed by atoms with Crippen molar-refractivity contribution in [3.05, 3.63) is 0 Å². The maximum atomic E-state index is 12.4. The van der Waals surface area contributed by atoms with E-state index >= 15 is 0 Å². The van der Waals surface area contributed by atoms with E-state index in [2.05, 4.69) is 0 Å². The number of piperidine rings is 1. The summed E-state index contributed by atoms with van der Waals surface area (Å²) < 4.78 is 0. The summed E-state index contributed by atoms with van der Waals surface area (Å²) in [6, 6.07) is -0.190. The summed E-state index contributed by atoms with van der Waals surface area (Å²) in [5.74, 6) is -0.952. The number of likely N-dealkylation sites (tertiary alicyclic amines) is 1. The van der Waals surface area contributed by atoms with E-state index in [1.165, 1.54) is 11.3 Å². The molecule has 0 aromatic carbocycles. The van der Waals surface area contributed by atoms with Gasteiger partial charge in [0, 0.05) is 25.3 Å². The maximum Gasteiger partial charge on any atom is 0.303 e. The Balaban J connectivity index is 1.94. The fourth-order valence-electron chi connectivity index (χ4n) is 3.84. The van der Waals surface area contributed by atoms with Gasteiger partial charge in [0.05, 0.1) is 0 Å². The highest BCUT2D eigenvalue weighted by Gasteiger charge is 2.45. The van der Waals surface area contributed by atoms with Gasteiger partial charge in [-0.2, -0.15) is 0 Å². The van der Waals surface area contributed by atoms with E-state index in [1.807, 2.05) is 6.92 Å². The molecule has 118 valence electrons. The SMILES string of the molecule is CC(CCCC(=O)O)N1C(=O)CC2(CCCCC2)CC1=O. The minimum absolute atomic E-state index is 0.0593. The van der Waals surface area contributed by atoms with Gasteiger partial charge in [-0.25, -0.2) is 0 Å². The largest absolute Gasteiger partial charge is 0.481 e. The second-order valence-corrected chi connectivity index (χ2v) is 6.71. The van der Waals surface area contributed by atoms with Gasteiger partial charge >= 0.3 is 5.97 Å². The van der Waals surface area contributed by atoms with Crippen LogP contribution in [0.3, 0.4) is 0 Å². The molecule has 0 radical (unpaired) electrons. The third-order valence-corrected chi connectivity index (χ3v) is 4.96. The first-order valence-electron chi connectivity index (χ1n) is 8.00. The fourth-order valence-corrected chi connectivity index (χ4v) is 3.84. The number of carbonyl (C=O) groups is 3. The molecule has 1 saturated carbocycles. The van der Waals surface area contributed by atoms with Crippen molar-refractivity contribution in [1.82, 2.24) is 4.90 Å². The summed E-state index contributed by atoms with van der Waals surface area (Å²) in [7, 11) is 0. The van der Waals surface area contributed by atoms with E-state index in [4.69, 9.17) is 5.11 Å². The number of carboxylic acids is 1. The Morgan fingerprint density at radius 3 is 2.29 bits per heavy atom. The summed E-state index contributed by atoms with van der Waals surface area (Å²) in [4.78, 5) is 36.7. The highest BCUT2D eigenvalue weighted by Crippen LogP contribution is 2.45. The number of carbonyl (C=O) groups excluding carboxylic acids is 2. The molecule has 2 rings (SSSR count). The molecule has 1 N–H and O–H groups in total. The number of hydrogen-bond acceptors (Lipinski definition) is 3. The first-order valence-corrected chi connectivity index (χ1v) is 8.00. The predicted molar refractivity (Wildman–Crippen MR) is 77.6 cm³/mol. The van der Waals surface area contributed by atoms with Crippen molar-refractivity contribution >= 4 is 17.8 Å². The fraction of sp³-hybridized carbons (Fsp3) is 0.812. The number of amides is 2. The lowest BCUT2D eigenvalue weighted by Crippen LogP contribution is -2.52. The van der Waals surface area contributed by atoms with Crippen molar-refractivity contribution in [2.75, 3.05) is 0 Å². The summed E-state index contributed by atoms with van der Waals surface area (Å²) in [6.07, 6.45) is 7.56. The Morgan fingerprint density at radius 1 is 1.19 bits per heavy atom. The number of aliphatic carboxylic acids is 1. The Labute approximate surface area is 125 Å². The highest BCUT2D eigenvalue weighted by molar-refractivity contribution is 5.98. The van der Waals surface area contributed by atoms with E-state index < -0.39 is 5.97 Å². The molecule has 1 atom stereocenters. The van der Waals surface area contributed by atoms with Crippen LogP contribution in [0, 0.1) is 5.41 Å². The van der Waals surface area contributed by atoms with E-state index in [0.717, 1.165) is 25.7 Å². The van der Waals surface area contributed by atoms with Gasteiger partial charge in [-0.05, 0) is 38.0 Å². The van der Waals surface area contributed by atoms with Crippen molar-refractivity contribution in [2.45, 2.75) is 77.2 Å². The molecule has 1 aliphatic heterocycles. The summed E-state index contributed by atoms with van der Waals surface area (Å²) >= 11 is 0. The van der Waals surface area contributed by atoms with Gasteiger partial charge in [0.25, 0.3) is 0 Å². The first kappa shape index (κ1) is 16.0. The first-order chi connectivity index (χ1) is 9.93. The molecule has 2 amide bonds. The third-order valence-electron chi connectivity index (χ3n) is 4.96. The minimum Gasteiger partial charge on any atom is -0.481 e. The van der Waals surface area contributed by atoms with E-state index in [-0.39, 0.29) is 29.7 Å². The normalized spacial score (nSPS) is 23.4. The average molecular weight is 295 g/mol. The molecule has 1 aliphatic carbocycles. The number of carboxylic acid groups (broad SMARTS) is 1. The summed E-state index contributed by atoms with van der Waals surface area (Å²) in [6.45, 7) is 1.84. The molecular formula is C16H25NO4. The quantitative estimate of drug-likeness (QED) is 0.791. The number of hydrogen-bond donors (Lipinski definition) is 1. The molecule has 0 bridgehead atoms. The molecule has 0 aromatic heterocycles. The third kappa shape index (κ3) is 3.83. The minimum atomic E-state index is -0.834. The molecule has 5 heteroatoms. The Morgan fingerprint density at radius 2 is 1.76 bits per heavy atom. The lowest BCUT2D eigenvalue weighted by atomic mass is 9.67. The second kappa shape index (κ2) is 6.58. The van der Waals surface area contributed by atoms with Crippen LogP contribution in [-0.4, -0.2) is 33.8 Å². The van der Waals surface area contributed by atoms with Gasteiger partial charge in [-0.15, -0.1) is 0 Å². The average Bonchev–Trinajstić information content (AvgIpc) is 2.37. The highest BCUT2D eigenvalue weighted by atomic mass is 16.4. The smallest absolute Gasteiger partial charge is 0.303 e. The van der Waals surface area contributed by atoms with E-state index in [1.54, 1.807) is 0 Å². The number of imide groups is 1. The molecule has 1 spiro atoms. The van der Waals surface area contributed by atoms with Crippen LogP contribution in [0.5, 0.6) is 0 Å². The molecule has 21 heavy (non-hydrogen) atoms. The molecule has 1 heterocycles. The van der Waals surface area contributed by atoms with Gasteiger partial charge in [-0.1, -0.05) is 19.3 Å². The van der Waals surface area contributed by atoms with Crippen molar-refractivity contribution in [1.29, 1.82) is 0 Å². The van der Waals surface area contributed by atoms with E-state index in [9.17, 15) is 14.4 Å². The van der Waals surface area contributed by atoms with Crippen LogP contribution >= 0.6 is 0 Å². The van der Waals surface area contributed by atoms with E-state index in [0.29, 0.717) is 25.7 Å². The Hall–Kier alpha value is -1.39. The summed E-state index contributed by atoms with van der Waals surface area (Å²) in [5.41, 5.74) is -0.0797. The zero-order chi connectivity index (χ0) is 15.5. The lowest BCUT2D eigenvalue weighted by molar-refractivity contribution is -0.157. The van der Waals surface area contributed by atoms with Crippen LogP contribution < -0.4 is 0 Å². The Kier molecular flexibility index (Phi) is 5.01. The second-order valence-electron chi connectivity index (χ2n) is 6.71. The molecule has 5 nitrogen and oxygen atoms in total. The van der Waals surface area contributed by atoms with Crippen molar-refractivity contribution in [3.8, 4) is 0 Å². The topological polar surface area (TPSA) is 74.7 Å². The maximum absolute atomic E-state index is 12.4. The number of rotatable bonds is 5. The van der Waals surface area contributed by atoms with Crippen LogP contribution in [0.1, 0.15) is 71.1 Å². The van der Waals surface area contributed by atoms with Crippen molar-refractivity contribution < 1.29 is 19.5 Å². The van der Waals surface area contributed by atoms with Crippen LogP contribution in [0.15, 0.2) is 0 Å². The zero-order valence-electron chi connectivity index (χ0n) is 12.8. The van der Waals surface area contributed by atoms with Crippen molar-refractivity contribution in [3.63, 3.8) is 0 Å².